The first-order valence-corrected chi connectivity index (χ1v) is 14.3. The van der Waals surface area contributed by atoms with Crippen molar-refractivity contribution < 1.29 is 14.3 Å². The zero-order valence-corrected chi connectivity index (χ0v) is 22.9. The largest absolute Gasteiger partial charge is 0.466 e. The normalized spacial score (nSPS) is 22.4. The smallest absolute Gasteiger partial charge is 0.306 e. The van der Waals surface area contributed by atoms with Crippen LogP contribution in [0.25, 0.3) is 6.08 Å². The van der Waals surface area contributed by atoms with Crippen LogP contribution in [0.4, 0.5) is 0 Å². The summed E-state index contributed by atoms with van der Waals surface area (Å²) in [5, 5.41) is 0. The van der Waals surface area contributed by atoms with E-state index in [2.05, 4.69) is 56.9 Å². The summed E-state index contributed by atoms with van der Waals surface area (Å²) in [5.41, 5.74) is 4.86. The molecule has 0 bridgehead atoms. The molecule has 0 spiro atoms. The predicted molar refractivity (Wildman–Crippen MR) is 152 cm³/mol. The molecule has 2 fully saturated rings. The van der Waals surface area contributed by atoms with Crippen molar-refractivity contribution in [3.8, 4) is 0 Å². The Morgan fingerprint density at radius 2 is 1.69 bits per heavy atom. The zero-order valence-electron chi connectivity index (χ0n) is 22.9. The summed E-state index contributed by atoms with van der Waals surface area (Å²) in [4.78, 5) is 31.8. The monoisotopic (exact) mass is 525 g/mol. The number of benzene rings is 2. The number of nitrogens with zero attached hydrogens (tertiary/aromatic N) is 3. The summed E-state index contributed by atoms with van der Waals surface area (Å²) in [7, 11) is 0. The lowest BCUT2D eigenvalue weighted by molar-refractivity contribution is -0.144. The number of aromatic nitrogens is 2. The van der Waals surface area contributed by atoms with Crippen molar-refractivity contribution in [2.24, 2.45) is 11.8 Å². The molecule has 39 heavy (non-hydrogen) atoms. The molecule has 0 unspecified atom stereocenters. The summed E-state index contributed by atoms with van der Waals surface area (Å²) in [6.45, 7) is 3.72. The average molecular weight is 526 g/mol. The van der Waals surface area contributed by atoms with E-state index >= 15 is 0 Å². The van der Waals surface area contributed by atoms with E-state index in [-0.39, 0.29) is 23.8 Å². The van der Waals surface area contributed by atoms with Crippen molar-refractivity contribution in [2.75, 3.05) is 6.61 Å². The van der Waals surface area contributed by atoms with E-state index < -0.39 is 0 Å². The number of allylic oxidation sites excluding steroid dienone is 1. The van der Waals surface area contributed by atoms with Gasteiger partial charge in [0.1, 0.15) is 0 Å². The zero-order chi connectivity index (χ0) is 27.0. The van der Waals surface area contributed by atoms with Gasteiger partial charge in [-0.2, -0.15) is 0 Å². The van der Waals surface area contributed by atoms with E-state index in [1.807, 2.05) is 43.7 Å². The third-order valence-electron chi connectivity index (χ3n) is 8.08. The highest BCUT2D eigenvalue weighted by Gasteiger charge is 2.35. The van der Waals surface area contributed by atoms with Crippen molar-refractivity contribution in [3.63, 3.8) is 0 Å². The number of amides is 1. The van der Waals surface area contributed by atoms with E-state index in [0.717, 1.165) is 44.3 Å². The topological polar surface area (TPSA) is 64.4 Å². The Balaban J connectivity index is 1.32. The molecule has 1 aromatic heterocycles. The van der Waals surface area contributed by atoms with Crippen molar-refractivity contribution in [1.29, 1.82) is 0 Å². The number of ether oxygens (including phenoxy) is 1. The quantitative estimate of drug-likeness (QED) is 0.293. The maximum absolute atomic E-state index is 12.8. The van der Waals surface area contributed by atoms with E-state index in [4.69, 9.17) is 4.74 Å². The van der Waals surface area contributed by atoms with Gasteiger partial charge in [-0.15, -0.1) is 0 Å². The summed E-state index contributed by atoms with van der Waals surface area (Å²) in [6.07, 6.45) is 11.9. The van der Waals surface area contributed by atoms with Crippen LogP contribution in [0, 0.1) is 11.8 Å². The molecule has 2 aliphatic rings. The highest BCUT2D eigenvalue weighted by molar-refractivity contribution is 5.78. The van der Waals surface area contributed by atoms with Gasteiger partial charge >= 0.3 is 5.97 Å². The molecule has 0 radical (unpaired) electrons. The second kappa shape index (κ2) is 12.9. The van der Waals surface area contributed by atoms with Crippen LogP contribution in [0.3, 0.4) is 0 Å². The maximum Gasteiger partial charge on any atom is 0.306 e. The molecule has 204 valence electrons. The molecule has 3 atom stereocenters. The fraction of sp³-hybridized carbons (Fsp3) is 0.424. The van der Waals surface area contributed by atoms with Crippen LogP contribution in [-0.2, 0) is 27.4 Å². The molecular formula is C33H39N3O3. The minimum atomic E-state index is -0.113. The van der Waals surface area contributed by atoms with Gasteiger partial charge in [-0.25, -0.2) is 4.98 Å². The molecule has 1 aliphatic heterocycles. The molecular weight excluding hydrogens is 486 g/mol. The van der Waals surface area contributed by atoms with E-state index in [1.54, 1.807) is 0 Å². The Bertz CT molecular complexity index is 1270. The van der Waals surface area contributed by atoms with Crippen LogP contribution < -0.4 is 0 Å². The van der Waals surface area contributed by atoms with Gasteiger partial charge in [-0.05, 0) is 68.1 Å². The molecule has 1 saturated heterocycles. The SMILES string of the molecule is CCOC(=O)C[C@@H]1C/C(=C/c2cncn2Cc2ccccc2)C[C@H](C[C@@H]2CCC(=O)N2Cc2ccccc2)C1. The fourth-order valence-electron chi connectivity index (χ4n) is 6.36. The van der Waals surface area contributed by atoms with Gasteiger partial charge in [-0.3, -0.25) is 9.59 Å². The number of hydrogen-bond acceptors (Lipinski definition) is 4. The standard InChI is InChI=1S/C33H39N3O3/c1-2-39-33(38)20-29-16-27(18-30-13-14-32(37)36(30)23-26-11-7-4-8-12-26)15-28(17-29)19-31-21-34-24-35(31)22-25-9-5-3-6-10-25/h3-12,19,21,24,27,29-30H,2,13-18,20,22-23H2,1H3/b28-19+/t27-,29-,30-/m0/s1. The Labute approximate surface area is 231 Å². The van der Waals surface area contributed by atoms with Crippen LogP contribution in [0.2, 0.25) is 0 Å². The number of carbonyl (C=O) groups excluding carboxylic acids is 2. The van der Waals surface area contributed by atoms with Crippen molar-refractivity contribution >= 4 is 18.0 Å². The molecule has 1 aliphatic carbocycles. The summed E-state index contributed by atoms with van der Waals surface area (Å²) < 4.78 is 7.50. The van der Waals surface area contributed by atoms with Gasteiger partial charge in [0, 0.05) is 32.0 Å². The van der Waals surface area contributed by atoms with Crippen LogP contribution in [-0.4, -0.2) is 39.0 Å². The highest BCUT2D eigenvalue weighted by Crippen LogP contribution is 2.40. The van der Waals surface area contributed by atoms with E-state index in [0.29, 0.717) is 31.9 Å². The van der Waals surface area contributed by atoms with Crippen molar-refractivity contribution in [2.45, 2.75) is 71.0 Å². The lowest BCUT2D eigenvalue weighted by Gasteiger charge is -2.34. The molecule has 6 nitrogen and oxygen atoms in total. The Hall–Kier alpha value is -3.67. The minimum Gasteiger partial charge on any atom is -0.466 e. The predicted octanol–water partition coefficient (Wildman–Crippen LogP) is 6.27. The van der Waals surface area contributed by atoms with Gasteiger partial charge in [0.05, 0.1) is 24.8 Å². The van der Waals surface area contributed by atoms with E-state index in [1.165, 1.54) is 16.7 Å². The maximum atomic E-state index is 12.8. The van der Waals surface area contributed by atoms with E-state index in [9.17, 15) is 9.59 Å². The third-order valence-corrected chi connectivity index (χ3v) is 8.08. The fourth-order valence-corrected chi connectivity index (χ4v) is 6.36. The van der Waals surface area contributed by atoms with Gasteiger partial charge in [0.25, 0.3) is 0 Å². The number of esters is 1. The molecule has 1 amide bonds. The summed E-state index contributed by atoms with van der Waals surface area (Å²) in [5.74, 6) is 0.810. The minimum absolute atomic E-state index is 0.113. The van der Waals surface area contributed by atoms with Gasteiger partial charge in [0.15, 0.2) is 0 Å². The van der Waals surface area contributed by atoms with Crippen LogP contribution in [0.5, 0.6) is 0 Å². The third kappa shape index (κ3) is 7.25. The molecule has 2 aromatic carbocycles. The molecule has 6 heteroatoms. The summed E-state index contributed by atoms with van der Waals surface area (Å²) >= 11 is 0. The Morgan fingerprint density at radius 3 is 2.41 bits per heavy atom. The second-order valence-corrected chi connectivity index (χ2v) is 11.1. The number of rotatable bonds is 10. The molecule has 0 N–H and O–H groups in total. The van der Waals surface area contributed by atoms with Crippen LogP contribution in [0.1, 0.15) is 68.7 Å². The number of likely N-dealkylation sites (tertiary alicyclic amines) is 1. The van der Waals surface area contributed by atoms with Gasteiger partial charge in [0.2, 0.25) is 5.91 Å². The Kier molecular flexibility index (Phi) is 8.92. The molecule has 1 saturated carbocycles. The summed E-state index contributed by atoms with van der Waals surface area (Å²) in [6, 6.07) is 20.9. The second-order valence-electron chi connectivity index (χ2n) is 11.1. The molecule has 5 rings (SSSR count). The first-order valence-electron chi connectivity index (χ1n) is 14.3. The Morgan fingerprint density at radius 1 is 1.00 bits per heavy atom. The van der Waals surface area contributed by atoms with Crippen LogP contribution >= 0.6 is 0 Å². The van der Waals surface area contributed by atoms with Crippen molar-refractivity contribution in [3.05, 3.63) is 95.6 Å². The molecule has 3 aromatic rings. The molecule has 2 heterocycles. The van der Waals surface area contributed by atoms with Crippen molar-refractivity contribution in [1.82, 2.24) is 14.5 Å². The first-order chi connectivity index (χ1) is 19.1. The number of hydrogen-bond donors (Lipinski definition) is 0. The average Bonchev–Trinajstić information content (AvgIpc) is 3.51. The highest BCUT2D eigenvalue weighted by atomic mass is 16.5. The first kappa shape index (κ1) is 26.9. The lowest BCUT2D eigenvalue weighted by atomic mass is 9.74. The van der Waals surface area contributed by atoms with Crippen LogP contribution in [0.15, 0.2) is 78.8 Å². The van der Waals surface area contributed by atoms with Gasteiger partial charge in [-0.1, -0.05) is 66.2 Å². The number of carbonyl (C=O) groups is 2. The van der Waals surface area contributed by atoms with Gasteiger partial charge < -0.3 is 14.2 Å². The lowest BCUT2D eigenvalue weighted by Crippen LogP contribution is -2.35. The number of imidazole rings is 1.